The van der Waals surface area contributed by atoms with Crippen molar-refractivity contribution in [2.45, 2.75) is 39.7 Å². The first-order chi connectivity index (χ1) is 14.0. The van der Waals surface area contributed by atoms with Gasteiger partial charge in [0.15, 0.2) is 5.58 Å². The van der Waals surface area contributed by atoms with E-state index in [0.717, 1.165) is 37.3 Å². The molecule has 4 rings (SSSR count). The Morgan fingerprint density at radius 2 is 2.17 bits per heavy atom. The van der Waals surface area contributed by atoms with Gasteiger partial charge in [0.2, 0.25) is 11.6 Å². The van der Waals surface area contributed by atoms with Gasteiger partial charge >= 0.3 is 0 Å². The highest BCUT2D eigenvalue weighted by Gasteiger charge is 2.26. The second-order valence-electron chi connectivity index (χ2n) is 8.01. The minimum absolute atomic E-state index is 0.150. The third-order valence-corrected chi connectivity index (χ3v) is 5.38. The molecule has 1 fully saturated rings. The van der Waals surface area contributed by atoms with Gasteiger partial charge in [0.25, 0.3) is 6.01 Å². The van der Waals surface area contributed by atoms with E-state index in [9.17, 15) is 4.79 Å². The second kappa shape index (κ2) is 8.19. The van der Waals surface area contributed by atoms with Crippen LogP contribution in [0.2, 0.25) is 0 Å². The molecule has 1 saturated heterocycles. The summed E-state index contributed by atoms with van der Waals surface area (Å²) in [4.78, 5) is 30.0. The lowest BCUT2D eigenvalue weighted by atomic mass is 9.94. The number of fused-ring (bicyclic) bond motifs is 1. The molecule has 0 aliphatic carbocycles. The maximum Gasteiger partial charge on any atom is 0.299 e. The number of carbonyl (C=O) groups is 1. The van der Waals surface area contributed by atoms with Gasteiger partial charge in [-0.1, -0.05) is 0 Å². The molecule has 7 nitrogen and oxygen atoms in total. The van der Waals surface area contributed by atoms with Crippen molar-refractivity contribution in [2.24, 2.45) is 5.92 Å². The summed E-state index contributed by atoms with van der Waals surface area (Å²) in [7, 11) is 1.86. The summed E-state index contributed by atoms with van der Waals surface area (Å²) in [6.07, 6.45) is 4.30. The smallest absolute Gasteiger partial charge is 0.299 e. The Kier molecular flexibility index (Phi) is 5.47. The maximum absolute atomic E-state index is 12.8. The van der Waals surface area contributed by atoms with Crippen LogP contribution >= 0.6 is 0 Å². The average molecular weight is 393 g/mol. The van der Waals surface area contributed by atoms with E-state index < -0.39 is 0 Å². The number of amides is 1. The molecule has 0 N–H and O–H groups in total. The van der Waals surface area contributed by atoms with Crippen LogP contribution < -0.4 is 4.90 Å². The zero-order valence-corrected chi connectivity index (χ0v) is 17.3. The Bertz CT molecular complexity index is 962. The Morgan fingerprint density at radius 1 is 1.31 bits per heavy atom. The highest BCUT2D eigenvalue weighted by atomic mass is 16.4. The van der Waals surface area contributed by atoms with E-state index in [2.05, 4.69) is 26.8 Å². The number of aryl methyl sites for hydroxylation is 2. The van der Waals surface area contributed by atoms with Gasteiger partial charge < -0.3 is 14.2 Å². The van der Waals surface area contributed by atoms with Crippen molar-refractivity contribution in [3.8, 4) is 0 Å². The van der Waals surface area contributed by atoms with E-state index in [1.807, 2.05) is 38.2 Å². The molecule has 0 aromatic carbocycles. The summed E-state index contributed by atoms with van der Waals surface area (Å²) >= 11 is 0. The van der Waals surface area contributed by atoms with Gasteiger partial charge in [-0.3, -0.25) is 9.78 Å². The molecule has 152 valence electrons. The Labute approximate surface area is 170 Å². The van der Waals surface area contributed by atoms with E-state index in [0.29, 0.717) is 30.2 Å². The number of rotatable bonds is 5. The van der Waals surface area contributed by atoms with Gasteiger partial charge in [0, 0.05) is 38.4 Å². The Morgan fingerprint density at radius 3 is 2.97 bits per heavy atom. The molecule has 3 aromatic heterocycles. The normalized spacial score (nSPS) is 16.9. The molecular weight excluding hydrogens is 366 g/mol. The number of aromatic nitrogens is 3. The number of hydrogen-bond donors (Lipinski definition) is 0. The molecule has 1 amide bonds. The van der Waals surface area contributed by atoms with Gasteiger partial charge in [-0.2, -0.15) is 4.98 Å². The quantitative estimate of drug-likeness (QED) is 0.660. The average Bonchev–Trinajstić information content (AvgIpc) is 3.11. The van der Waals surface area contributed by atoms with Crippen LogP contribution in [0.3, 0.4) is 0 Å². The van der Waals surface area contributed by atoms with Gasteiger partial charge in [-0.15, -0.1) is 0 Å². The molecule has 1 unspecified atom stereocenters. The van der Waals surface area contributed by atoms with Crippen LogP contribution in [0.5, 0.6) is 0 Å². The molecule has 29 heavy (non-hydrogen) atoms. The molecule has 1 aliphatic rings. The molecule has 1 aliphatic heterocycles. The zero-order valence-electron chi connectivity index (χ0n) is 17.3. The van der Waals surface area contributed by atoms with E-state index in [1.54, 1.807) is 11.1 Å². The highest BCUT2D eigenvalue weighted by molar-refractivity contribution is 5.76. The van der Waals surface area contributed by atoms with Crippen LogP contribution in [0, 0.1) is 19.8 Å². The molecule has 4 heterocycles. The van der Waals surface area contributed by atoms with Gasteiger partial charge in [-0.25, -0.2) is 4.98 Å². The lowest BCUT2D eigenvalue weighted by Crippen LogP contribution is -2.38. The fourth-order valence-corrected chi connectivity index (χ4v) is 4.04. The van der Waals surface area contributed by atoms with E-state index in [-0.39, 0.29) is 11.8 Å². The topological polar surface area (TPSA) is 75.4 Å². The van der Waals surface area contributed by atoms with E-state index in [1.165, 1.54) is 5.56 Å². The maximum atomic E-state index is 12.8. The van der Waals surface area contributed by atoms with Gasteiger partial charge in [0.05, 0.1) is 12.2 Å². The number of carbonyl (C=O) groups excluding carboxylic acids is 1. The number of anilines is 1. The van der Waals surface area contributed by atoms with Crippen LogP contribution in [-0.4, -0.2) is 45.9 Å². The second-order valence-corrected chi connectivity index (χ2v) is 8.01. The van der Waals surface area contributed by atoms with Crippen molar-refractivity contribution in [2.75, 3.05) is 25.0 Å². The molecule has 1 atom stereocenters. The number of hydrogen-bond acceptors (Lipinski definition) is 6. The van der Waals surface area contributed by atoms with Crippen LogP contribution in [0.15, 0.2) is 34.9 Å². The van der Waals surface area contributed by atoms with E-state index in [4.69, 9.17) is 4.42 Å². The van der Waals surface area contributed by atoms with Crippen molar-refractivity contribution in [1.29, 1.82) is 0 Å². The van der Waals surface area contributed by atoms with Crippen molar-refractivity contribution >= 4 is 23.2 Å². The van der Waals surface area contributed by atoms with E-state index >= 15 is 0 Å². The first-order valence-electron chi connectivity index (χ1n) is 10.1. The summed E-state index contributed by atoms with van der Waals surface area (Å²) in [6.45, 7) is 6.23. The largest absolute Gasteiger partial charge is 0.422 e. The van der Waals surface area contributed by atoms with Crippen molar-refractivity contribution in [1.82, 2.24) is 19.9 Å². The predicted octanol–water partition coefficient (Wildman–Crippen LogP) is 3.50. The third kappa shape index (κ3) is 4.55. The molecule has 0 radical (unpaired) electrons. The predicted molar refractivity (Wildman–Crippen MR) is 112 cm³/mol. The standard InChI is InChI=1S/C22H27N5O2/c1-15-10-16(2)24-18(11-15)14-26(3)20(28)12-17-6-5-9-27(13-17)22-25-21-19(29-22)7-4-8-23-21/h4,7-8,10-11,17H,5-6,9,12-14H2,1-3H3. The minimum Gasteiger partial charge on any atom is -0.422 e. The first kappa shape index (κ1) is 19.4. The third-order valence-electron chi connectivity index (χ3n) is 5.38. The lowest BCUT2D eigenvalue weighted by Gasteiger charge is -2.32. The molecule has 3 aromatic rings. The van der Waals surface area contributed by atoms with Gasteiger partial charge in [-0.05, 0) is 62.4 Å². The fourth-order valence-electron chi connectivity index (χ4n) is 4.04. The summed E-state index contributed by atoms with van der Waals surface area (Å²) in [5, 5.41) is 0. The highest BCUT2D eigenvalue weighted by Crippen LogP contribution is 2.27. The van der Waals surface area contributed by atoms with Crippen LogP contribution in [0.4, 0.5) is 6.01 Å². The number of piperidine rings is 1. The molecule has 0 bridgehead atoms. The zero-order chi connectivity index (χ0) is 20.4. The Balaban J connectivity index is 1.37. The summed E-state index contributed by atoms with van der Waals surface area (Å²) in [5.41, 5.74) is 4.41. The van der Waals surface area contributed by atoms with Crippen molar-refractivity contribution in [3.63, 3.8) is 0 Å². The first-order valence-corrected chi connectivity index (χ1v) is 10.1. The molecule has 0 saturated carbocycles. The molecular formula is C22H27N5O2. The van der Waals surface area contributed by atoms with Crippen molar-refractivity contribution < 1.29 is 9.21 Å². The summed E-state index contributed by atoms with van der Waals surface area (Å²) < 4.78 is 5.86. The van der Waals surface area contributed by atoms with Crippen LogP contribution in [-0.2, 0) is 11.3 Å². The Hall–Kier alpha value is -2.96. The lowest BCUT2D eigenvalue weighted by molar-refractivity contribution is -0.131. The monoisotopic (exact) mass is 393 g/mol. The van der Waals surface area contributed by atoms with Crippen molar-refractivity contribution in [3.05, 3.63) is 47.4 Å². The number of oxazole rings is 1. The molecule has 7 heteroatoms. The number of nitrogens with zero attached hydrogens (tertiary/aromatic N) is 5. The van der Waals surface area contributed by atoms with Crippen LogP contribution in [0.1, 0.15) is 36.2 Å². The molecule has 0 spiro atoms. The summed E-state index contributed by atoms with van der Waals surface area (Å²) in [5.74, 6) is 0.436. The SMILES string of the molecule is Cc1cc(C)nc(CN(C)C(=O)CC2CCCN(c3nc4ncccc4o3)C2)c1. The fraction of sp³-hybridized carbons (Fsp3) is 0.455. The van der Waals surface area contributed by atoms with Gasteiger partial charge in [0.1, 0.15) is 0 Å². The summed E-state index contributed by atoms with van der Waals surface area (Å²) in [6, 6.07) is 8.41. The minimum atomic E-state index is 0.150. The van der Waals surface area contributed by atoms with Crippen LogP contribution in [0.25, 0.3) is 11.2 Å². The number of pyridine rings is 2.